The van der Waals surface area contributed by atoms with Crippen LogP contribution in [-0.2, 0) is 9.59 Å². The van der Waals surface area contributed by atoms with Crippen molar-refractivity contribution in [2.45, 2.75) is 65.2 Å². The van der Waals surface area contributed by atoms with Crippen molar-refractivity contribution in [3.63, 3.8) is 0 Å². The third-order valence-corrected chi connectivity index (χ3v) is 5.24. The zero-order valence-corrected chi connectivity index (χ0v) is 15.5. The zero-order valence-electron chi connectivity index (χ0n) is 15.5. The van der Waals surface area contributed by atoms with Crippen LogP contribution in [0.15, 0.2) is 18.2 Å². The quantitative estimate of drug-likeness (QED) is 0.699. The first-order chi connectivity index (χ1) is 12.0. The van der Waals surface area contributed by atoms with Crippen molar-refractivity contribution in [1.29, 1.82) is 0 Å². The maximum atomic E-state index is 12.6. The van der Waals surface area contributed by atoms with Crippen LogP contribution in [0, 0.1) is 12.3 Å². The van der Waals surface area contributed by atoms with Crippen molar-refractivity contribution in [2.75, 3.05) is 17.2 Å². The number of anilines is 2. The Morgan fingerprint density at radius 3 is 2.24 bits per heavy atom. The van der Waals surface area contributed by atoms with Gasteiger partial charge in [-0.2, -0.15) is 0 Å². The average Bonchev–Trinajstić information content (AvgIpc) is 2.59. The fraction of sp³-hybridized carbons (Fsp3) is 0.600. The lowest BCUT2D eigenvalue weighted by molar-refractivity contribution is -0.119. The summed E-state index contributed by atoms with van der Waals surface area (Å²) < 4.78 is 0. The second kappa shape index (κ2) is 8.99. The molecule has 0 unspecified atom stereocenters. The number of nitrogens with one attached hydrogen (secondary N) is 2. The van der Waals surface area contributed by atoms with Crippen LogP contribution >= 0.6 is 0 Å². The second-order valence-corrected chi connectivity index (χ2v) is 7.27. The molecule has 1 saturated carbocycles. The van der Waals surface area contributed by atoms with Crippen LogP contribution in [0.5, 0.6) is 0 Å². The Bertz CT molecular complexity index is 607. The van der Waals surface area contributed by atoms with E-state index >= 15 is 0 Å². The van der Waals surface area contributed by atoms with E-state index in [-0.39, 0.29) is 17.2 Å². The Morgan fingerprint density at radius 1 is 1.08 bits per heavy atom. The molecule has 0 bridgehead atoms. The molecule has 1 aliphatic rings. The van der Waals surface area contributed by atoms with Crippen LogP contribution in [0.25, 0.3) is 0 Å². The van der Waals surface area contributed by atoms with E-state index in [1.807, 2.05) is 32.0 Å². The van der Waals surface area contributed by atoms with Crippen molar-refractivity contribution in [3.8, 4) is 0 Å². The standard InChI is InChI=1S/C20H31N3O2/c1-3-8-18(24)22-16-9-7-10-17(15(16)2)23-19(25)13-20(14-21)11-5-4-6-12-20/h7,9-10H,3-6,8,11-14,21H2,1-2H3,(H,22,24)(H,23,25). The van der Waals surface area contributed by atoms with E-state index in [0.717, 1.165) is 49.0 Å². The summed E-state index contributed by atoms with van der Waals surface area (Å²) in [6.07, 6.45) is 7.38. The molecule has 25 heavy (non-hydrogen) atoms. The molecule has 0 heterocycles. The summed E-state index contributed by atoms with van der Waals surface area (Å²) >= 11 is 0. The predicted octanol–water partition coefficient (Wildman–Crippen LogP) is 3.97. The van der Waals surface area contributed by atoms with Gasteiger partial charge in [0.15, 0.2) is 0 Å². The van der Waals surface area contributed by atoms with Gasteiger partial charge in [0, 0.05) is 24.2 Å². The van der Waals surface area contributed by atoms with E-state index < -0.39 is 0 Å². The highest BCUT2D eigenvalue weighted by molar-refractivity contribution is 5.96. The van der Waals surface area contributed by atoms with Gasteiger partial charge < -0.3 is 16.4 Å². The second-order valence-electron chi connectivity index (χ2n) is 7.27. The van der Waals surface area contributed by atoms with E-state index in [1.165, 1.54) is 6.42 Å². The molecule has 0 atom stereocenters. The first-order valence-electron chi connectivity index (χ1n) is 9.39. The molecule has 1 fully saturated rings. The number of hydrogen-bond acceptors (Lipinski definition) is 3. The summed E-state index contributed by atoms with van der Waals surface area (Å²) in [7, 11) is 0. The SMILES string of the molecule is CCCC(=O)Nc1cccc(NC(=O)CC2(CN)CCCCC2)c1C. The van der Waals surface area contributed by atoms with Crippen molar-refractivity contribution in [3.05, 3.63) is 23.8 Å². The van der Waals surface area contributed by atoms with Crippen molar-refractivity contribution >= 4 is 23.2 Å². The molecular formula is C20H31N3O2. The summed E-state index contributed by atoms with van der Waals surface area (Å²) in [5, 5.41) is 5.93. The Kier molecular flexibility index (Phi) is 7.00. The molecule has 1 aromatic rings. The van der Waals surface area contributed by atoms with Crippen LogP contribution in [0.1, 0.15) is 63.9 Å². The molecule has 0 aromatic heterocycles. The average molecular weight is 345 g/mol. The Labute approximate surface area is 150 Å². The Morgan fingerprint density at radius 2 is 1.68 bits per heavy atom. The highest BCUT2D eigenvalue weighted by Crippen LogP contribution is 2.38. The summed E-state index contributed by atoms with van der Waals surface area (Å²) in [6, 6.07) is 5.59. The Balaban J connectivity index is 2.04. The van der Waals surface area contributed by atoms with Gasteiger partial charge >= 0.3 is 0 Å². The lowest BCUT2D eigenvalue weighted by Gasteiger charge is -2.35. The van der Waals surface area contributed by atoms with E-state index in [4.69, 9.17) is 5.73 Å². The van der Waals surface area contributed by atoms with Crippen LogP contribution in [0.4, 0.5) is 11.4 Å². The number of nitrogens with two attached hydrogens (primary N) is 1. The lowest BCUT2D eigenvalue weighted by Crippen LogP contribution is -2.36. The highest BCUT2D eigenvalue weighted by Gasteiger charge is 2.33. The molecule has 138 valence electrons. The minimum absolute atomic E-state index is 0.00151. The van der Waals surface area contributed by atoms with Gasteiger partial charge in [0.2, 0.25) is 11.8 Å². The van der Waals surface area contributed by atoms with Crippen molar-refractivity contribution in [2.24, 2.45) is 11.1 Å². The van der Waals surface area contributed by atoms with Gasteiger partial charge in [-0.1, -0.05) is 32.3 Å². The van der Waals surface area contributed by atoms with E-state index in [0.29, 0.717) is 19.4 Å². The van der Waals surface area contributed by atoms with Gasteiger partial charge in [-0.25, -0.2) is 0 Å². The van der Waals surface area contributed by atoms with Crippen LogP contribution in [0.3, 0.4) is 0 Å². The molecule has 2 rings (SSSR count). The molecule has 5 heteroatoms. The molecule has 2 amide bonds. The van der Waals surface area contributed by atoms with E-state index in [9.17, 15) is 9.59 Å². The van der Waals surface area contributed by atoms with Gasteiger partial charge in [-0.3, -0.25) is 9.59 Å². The zero-order chi connectivity index (χ0) is 18.3. The summed E-state index contributed by atoms with van der Waals surface area (Å²) in [4.78, 5) is 24.4. The third kappa shape index (κ3) is 5.30. The van der Waals surface area contributed by atoms with Gasteiger partial charge in [-0.15, -0.1) is 0 Å². The number of benzene rings is 1. The number of amides is 2. The smallest absolute Gasteiger partial charge is 0.224 e. The van der Waals surface area contributed by atoms with Gasteiger partial charge in [0.1, 0.15) is 0 Å². The number of carbonyl (C=O) groups is 2. The molecule has 5 nitrogen and oxygen atoms in total. The van der Waals surface area contributed by atoms with Crippen LogP contribution < -0.4 is 16.4 Å². The van der Waals surface area contributed by atoms with Gasteiger partial charge in [-0.05, 0) is 55.8 Å². The fourth-order valence-corrected chi connectivity index (χ4v) is 3.64. The summed E-state index contributed by atoms with van der Waals surface area (Å²) in [6.45, 7) is 4.45. The number of rotatable bonds is 7. The minimum atomic E-state index is -0.0524. The highest BCUT2D eigenvalue weighted by atomic mass is 16.2. The van der Waals surface area contributed by atoms with E-state index in [2.05, 4.69) is 10.6 Å². The topological polar surface area (TPSA) is 84.2 Å². The van der Waals surface area contributed by atoms with Crippen LogP contribution in [-0.4, -0.2) is 18.4 Å². The third-order valence-electron chi connectivity index (χ3n) is 5.24. The molecule has 0 radical (unpaired) electrons. The monoisotopic (exact) mass is 345 g/mol. The van der Waals surface area contributed by atoms with Crippen molar-refractivity contribution < 1.29 is 9.59 Å². The predicted molar refractivity (Wildman–Crippen MR) is 103 cm³/mol. The Hall–Kier alpha value is -1.88. The van der Waals surface area contributed by atoms with Gasteiger partial charge in [0.05, 0.1) is 0 Å². The molecular weight excluding hydrogens is 314 g/mol. The largest absolute Gasteiger partial charge is 0.330 e. The number of hydrogen-bond donors (Lipinski definition) is 3. The number of carbonyl (C=O) groups excluding carboxylic acids is 2. The molecule has 1 aliphatic carbocycles. The maximum absolute atomic E-state index is 12.6. The first kappa shape index (κ1) is 19.4. The van der Waals surface area contributed by atoms with E-state index in [1.54, 1.807) is 0 Å². The molecule has 0 aliphatic heterocycles. The molecule has 0 saturated heterocycles. The van der Waals surface area contributed by atoms with Crippen molar-refractivity contribution in [1.82, 2.24) is 0 Å². The fourth-order valence-electron chi connectivity index (χ4n) is 3.64. The normalized spacial score (nSPS) is 16.3. The van der Waals surface area contributed by atoms with Crippen LogP contribution in [0.2, 0.25) is 0 Å². The molecule has 4 N–H and O–H groups in total. The first-order valence-corrected chi connectivity index (χ1v) is 9.39. The molecule has 1 aromatic carbocycles. The minimum Gasteiger partial charge on any atom is -0.330 e. The summed E-state index contributed by atoms with van der Waals surface area (Å²) in [5.41, 5.74) is 8.32. The summed E-state index contributed by atoms with van der Waals surface area (Å²) in [5.74, 6) is 0.00542. The lowest BCUT2D eigenvalue weighted by atomic mass is 9.71. The maximum Gasteiger partial charge on any atom is 0.224 e. The molecule has 0 spiro atoms. The van der Waals surface area contributed by atoms with Gasteiger partial charge in [0.25, 0.3) is 0 Å².